The monoisotopic (exact) mass is 294 g/mol. The number of rotatable bonds is 6. The number of hydrogen-bond acceptors (Lipinski definition) is 2. The van der Waals surface area contributed by atoms with Gasteiger partial charge in [0.2, 0.25) is 0 Å². The molecule has 20 heavy (non-hydrogen) atoms. The fraction of sp³-hybridized carbons (Fsp3) is 0.529. The molecule has 0 aromatic heterocycles. The Kier molecular flexibility index (Phi) is 6.09. The lowest BCUT2D eigenvalue weighted by atomic mass is 10.0. The van der Waals surface area contributed by atoms with Gasteiger partial charge in [0.05, 0.1) is 0 Å². The van der Waals surface area contributed by atoms with Crippen LogP contribution in [0.3, 0.4) is 0 Å². The maximum absolute atomic E-state index is 6.46. The summed E-state index contributed by atoms with van der Waals surface area (Å²) in [5.41, 5.74) is 2.31. The minimum absolute atomic E-state index is 0.0340. The van der Waals surface area contributed by atoms with Gasteiger partial charge < -0.3 is 10.2 Å². The van der Waals surface area contributed by atoms with Gasteiger partial charge in [-0.2, -0.15) is 0 Å². The Balaban J connectivity index is 3.09. The van der Waals surface area contributed by atoms with Gasteiger partial charge in [-0.1, -0.05) is 30.7 Å². The van der Waals surface area contributed by atoms with Crippen LogP contribution >= 0.6 is 11.6 Å². The highest BCUT2D eigenvalue weighted by Crippen LogP contribution is 2.31. The van der Waals surface area contributed by atoms with Crippen LogP contribution in [0.25, 0.3) is 0 Å². The largest absolute Gasteiger partial charge is 0.363 e. The molecule has 3 heteroatoms. The predicted octanol–water partition coefficient (Wildman–Crippen LogP) is 4.80. The molecular formula is C17H27ClN2. The van der Waals surface area contributed by atoms with Gasteiger partial charge in [0, 0.05) is 28.8 Å². The molecule has 0 fully saturated rings. The first kappa shape index (κ1) is 17.1. The van der Waals surface area contributed by atoms with Crippen LogP contribution in [0.2, 0.25) is 5.02 Å². The summed E-state index contributed by atoms with van der Waals surface area (Å²) in [6.07, 6.45) is 1.92. The van der Waals surface area contributed by atoms with Crippen molar-refractivity contribution in [3.63, 3.8) is 0 Å². The molecule has 0 aliphatic carbocycles. The Morgan fingerprint density at radius 3 is 2.50 bits per heavy atom. The second kappa shape index (κ2) is 7.14. The summed E-state index contributed by atoms with van der Waals surface area (Å²) in [5.74, 6) is 0. The molecule has 0 aliphatic heterocycles. The molecule has 1 atom stereocenters. The van der Waals surface area contributed by atoms with E-state index in [1.54, 1.807) is 0 Å². The second-order valence-electron chi connectivity index (χ2n) is 6.06. The van der Waals surface area contributed by atoms with E-state index in [2.05, 4.69) is 69.6 Å². The van der Waals surface area contributed by atoms with Crippen molar-refractivity contribution in [1.29, 1.82) is 0 Å². The van der Waals surface area contributed by atoms with Crippen LogP contribution < -0.4 is 10.2 Å². The zero-order valence-corrected chi connectivity index (χ0v) is 14.1. The molecule has 2 nitrogen and oxygen atoms in total. The van der Waals surface area contributed by atoms with Gasteiger partial charge in [0.25, 0.3) is 0 Å². The van der Waals surface area contributed by atoms with Gasteiger partial charge in [0.15, 0.2) is 0 Å². The van der Waals surface area contributed by atoms with Gasteiger partial charge in [-0.05, 0) is 51.9 Å². The van der Waals surface area contributed by atoms with E-state index in [4.69, 9.17) is 11.6 Å². The number of halogens is 1. The summed E-state index contributed by atoms with van der Waals surface area (Å²) < 4.78 is 0. The maximum Gasteiger partial charge on any atom is 0.0474 e. The molecule has 0 bridgehead atoms. The lowest BCUT2D eigenvalue weighted by molar-refractivity contribution is 0.522. The van der Waals surface area contributed by atoms with Gasteiger partial charge >= 0.3 is 0 Å². The predicted molar refractivity (Wildman–Crippen MR) is 90.8 cm³/mol. The van der Waals surface area contributed by atoms with Crippen molar-refractivity contribution >= 4 is 17.3 Å². The Morgan fingerprint density at radius 2 is 2.05 bits per heavy atom. The molecule has 0 heterocycles. The number of benzene rings is 1. The minimum Gasteiger partial charge on any atom is -0.363 e. The second-order valence-corrected chi connectivity index (χ2v) is 6.46. The minimum atomic E-state index is 0.0340. The van der Waals surface area contributed by atoms with E-state index < -0.39 is 0 Å². The highest BCUT2D eigenvalue weighted by atomic mass is 35.5. The molecule has 0 saturated heterocycles. The van der Waals surface area contributed by atoms with E-state index in [0.29, 0.717) is 0 Å². The van der Waals surface area contributed by atoms with Crippen molar-refractivity contribution in [2.75, 3.05) is 18.0 Å². The maximum atomic E-state index is 6.46. The van der Waals surface area contributed by atoms with Gasteiger partial charge in [-0.3, -0.25) is 0 Å². The van der Waals surface area contributed by atoms with Gasteiger partial charge in [0.1, 0.15) is 0 Å². The number of nitrogens with one attached hydrogen (secondary N) is 1. The first-order valence-corrected chi connectivity index (χ1v) is 7.60. The summed E-state index contributed by atoms with van der Waals surface area (Å²) in [7, 11) is 0. The molecule has 112 valence electrons. The molecule has 1 rings (SSSR count). The lowest BCUT2D eigenvalue weighted by Crippen LogP contribution is -2.41. The van der Waals surface area contributed by atoms with Crippen LogP contribution in [0.4, 0.5) is 5.69 Å². The average Bonchev–Trinajstić information content (AvgIpc) is 2.34. The molecule has 1 aromatic carbocycles. The molecule has 0 amide bonds. The van der Waals surface area contributed by atoms with E-state index in [1.807, 2.05) is 6.08 Å². The summed E-state index contributed by atoms with van der Waals surface area (Å²) in [6.45, 7) is 16.4. The quantitative estimate of drug-likeness (QED) is 0.758. The van der Waals surface area contributed by atoms with E-state index in [9.17, 15) is 0 Å². The van der Waals surface area contributed by atoms with Crippen LogP contribution in [0.15, 0.2) is 30.9 Å². The van der Waals surface area contributed by atoms with Crippen LogP contribution in [0, 0.1) is 0 Å². The fourth-order valence-corrected chi connectivity index (χ4v) is 2.69. The normalized spacial score (nSPS) is 13.1. The molecule has 1 aromatic rings. The Labute approximate surface area is 128 Å². The Bertz CT molecular complexity index is 449. The van der Waals surface area contributed by atoms with E-state index in [-0.39, 0.29) is 11.6 Å². The standard InChI is InChI=1S/C17H27ClN2/c1-7-11-20(17(4,5)6)14-9-10-15(16(18)12-14)13(3)19-8-2/h7,9-10,12-13,19H,1,8,11H2,2-6H3. The zero-order valence-electron chi connectivity index (χ0n) is 13.3. The van der Waals surface area contributed by atoms with Crippen molar-refractivity contribution in [2.24, 2.45) is 0 Å². The highest BCUT2D eigenvalue weighted by molar-refractivity contribution is 6.31. The Hall–Kier alpha value is -0.990. The highest BCUT2D eigenvalue weighted by Gasteiger charge is 2.21. The van der Waals surface area contributed by atoms with Crippen molar-refractivity contribution < 1.29 is 0 Å². The first-order valence-electron chi connectivity index (χ1n) is 7.22. The average molecular weight is 295 g/mol. The summed E-state index contributed by atoms with van der Waals surface area (Å²) in [5, 5.41) is 4.21. The Morgan fingerprint density at radius 1 is 1.40 bits per heavy atom. The molecular weight excluding hydrogens is 268 g/mol. The number of hydrogen-bond donors (Lipinski definition) is 1. The summed E-state index contributed by atoms with van der Waals surface area (Å²) in [6, 6.07) is 6.58. The van der Waals surface area contributed by atoms with E-state index in [0.717, 1.165) is 29.4 Å². The van der Waals surface area contributed by atoms with E-state index in [1.165, 1.54) is 0 Å². The van der Waals surface area contributed by atoms with E-state index >= 15 is 0 Å². The smallest absolute Gasteiger partial charge is 0.0474 e. The van der Waals surface area contributed by atoms with Crippen molar-refractivity contribution in [3.05, 3.63) is 41.4 Å². The third kappa shape index (κ3) is 4.26. The number of nitrogens with zero attached hydrogens (tertiary/aromatic N) is 1. The van der Waals surface area contributed by atoms with Crippen molar-refractivity contribution in [2.45, 2.75) is 46.2 Å². The topological polar surface area (TPSA) is 15.3 Å². The fourth-order valence-electron chi connectivity index (χ4n) is 2.35. The molecule has 0 radical (unpaired) electrons. The zero-order chi connectivity index (χ0) is 15.3. The lowest BCUT2D eigenvalue weighted by Gasteiger charge is -2.37. The molecule has 0 saturated carbocycles. The third-order valence-corrected chi connectivity index (χ3v) is 3.72. The van der Waals surface area contributed by atoms with Crippen molar-refractivity contribution in [3.8, 4) is 0 Å². The third-order valence-electron chi connectivity index (χ3n) is 3.39. The van der Waals surface area contributed by atoms with Crippen LogP contribution in [-0.2, 0) is 0 Å². The molecule has 0 aliphatic rings. The first-order chi connectivity index (χ1) is 9.31. The van der Waals surface area contributed by atoms with Crippen LogP contribution in [0.1, 0.15) is 46.2 Å². The van der Waals surface area contributed by atoms with Crippen LogP contribution in [-0.4, -0.2) is 18.6 Å². The van der Waals surface area contributed by atoms with Crippen molar-refractivity contribution in [1.82, 2.24) is 5.32 Å². The molecule has 1 unspecified atom stereocenters. The van der Waals surface area contributed by atoms with Gasteiger partial charge in [-0.15, -0.1) is 6.58 Å². The summed E-state index contributed by atoms with van der Waals surface area (Å²) >= 11 is 6.46. The van der Waals surface area contributed by atoms with Crippen LogP contribution in [0.5, 0.6) is 0 Å². The SMILES string of the molecule is C=CCN(c1ccc(C(C)NCC)c(Cl)c1)C(C)(C)C. The number of anilines is 1. The summed E-state index contributed by atoms with van der Waals surface area (Å²) in [4.78, 5) is 2.30. The molecule has 0 spiro atoms. The van der Waals surface area contributed by atoms with Gasteiger partial charge in [-0.25, -0.2) is 0 Å². The molecule has 1 N–H and O–H groups in total.